The third kappa shape index (κ3) is 2.27. The predicted molar refractivity (Wildman–Crippen MR) is 82.5 cm³/mol. The summed E-state index contributed by atoms with van der Waals surface area (Å²) in [5, 5.41) is 0. The van der Waals surface area contributed by atoms with Crippen LogP contribution in [0.1, 0.15) is 24.8 Å². The average molecular weight is 280 g/mol. The lowest BCUT2D eigenvalue weighted by Gasteiger charge is -2.29. The number of aromatic nitrogens is 1. The van der Waals surface area contributed by atoms with E-state index >= 15 is 0 Å². The first kappa shape index (κ1) is 12.7. The fraction of sp³-hybridized carbons (Fsp3) is 0.389. The maximum Gasteiger partial charge on any atom is 0.226 e. The summed E-state index contributed by atoms with van der Waals surface area (Å²) in [4.78, 5) is 7.04. The molecule has 0 spiro atoms. The van der Waals surface area contributed by atoms with Crippen LogP contribution < -0.4 is 0 Å². The molecule has 2 aliphatic rings. The first-order valence-electron chi connectivity index (χ1n) is 7.70. The lowest BCUT2D eigenvalue weighted by Crippen LogP contribution is -2.30. The molecule has 1 saturated carbocycles. The number of nitrogens with zero attached hydrogens (tertiary/aromatic N) is 2. The van der Waals surface area contributed by atoms with Gasteiger partial charge in [0.1, 0.15) is 5.76 Å². The van der Waals surface area contributed by atoms with Gasteiger partial charge < -0.3 is 9.32 Å². The molecular formula is C18H20N2O. The van der Waals surface area contributed by atoms with Crippen molar-refractivity contribution in [1.82, 2.24) is 9.88 Å². The Kier molecular flexibility index (Phi) is 2.88. The third-order valence-corrected chi connectivity index (χ3v) is 4.70. The number of rotatable bonds is 3. The first-order valence-corrected chi connectivity index (χ1v) is 7.70. The molecule has 1 aliphatic heterocycles. The molecule has 0 bridgehead atoms. The van der Waals surface area contributed by atoms with Gasteiger partial charge in [0.15, 0.2) is 0 Å². The summed E-state index contributed by atoms with van der Waals surface area (Å²) in [7, 11) is 0. The van der Waals surface area contributed by atoms with E-state index in [-0.39, 0.29) is 0 Å². The van der Waals surface area contributed by atoms with E-state index in [2.05, 4.69) is 23.4 Å². The van der Waals surface area contributed by atoms with Crippen LogP contribution in [0.5, 0.6) is 0 Å². The molecule has 0 radical (unpaired) electrons. The number of benzene rings is 1. The Hall–Kier alpha value is -2.03. The van der Waals surface area contributed by atoms with E-state index in [0.717, 1.165) is 48.3 Å². The van der Waals surface area contributed by atoms with Crippen molar-refractivity contribution in [2.24, 2.45) is 11.8 Å². The molecule has 1 aromatic heterocycles. The molecule has 1 fully saturated rings. The van der Waals surface area contributed by atoms with Crippen molar-refractivity contribution >= 4 is 0 Å². The van der Waals surface area contributed by atoms with Crippen molar-refractivity contribution in [3.05, 3.63) is 54.1 Å². The van der Waals surface area contributed by atoms with Crippen LogP contribution in [-0.4, -0.2) is 16.4 Å². The van der Waals surface area contributed by atoms with Gasteiger partial charge in [0, 0.05) is 30.1 Å². The molecule has 1 aromatic carbocycles. The minimum atomic E-state index is 0.683. The topological polar surface area (TPSA) is 29.3 Å². The molecule has 21 heavy (non-hydrogen) atoms. The Bertz CT molecular complexity index is 674. The molecule has 3 heteroatoms. The normalized spacial score (nSPS) is 23.8. The molecule has 0 amide bonds. The van der Waals surface area contributed by atoms with Gasteiger partial charge in [0.25, 0.3) is 0 Å². The van der Waals surface area contributed by atoms with Crippen LogP contribution in [0.25, 0.3) is 11.5 Å². The van der Waals surface area contributed by atoms with E-state index < -0.39 is 0 Å². The highest BCUT2D eigenvalue weighted by Gasteiger charge is 2.38. The number of fused-ring (bicyclic) bond motifs is 1. The Morgan fingerprint density at radius 1 is 1.33 bits per heavy atom. The van der Waals surface area contributed by atoms with Gasteiger partial charge >= 0.3 is 0 Å². The highest BCUT2D eigenvalue weighted by atomic mass is 16.4. The van der Waals surface area contributed by atoms with Crippen molar-refractivity contribution in [3.63, 3.8) is 0 Å². The van der Waals surface area contributed by atoms with Gasteiger partial charge in [-0.2, -0.15) is 0 Å². The highest BCUT2D eigenvalue weighted by molar-refractivity contribution is 5.53. The van der Waals surface area contributed by atoms with Crippen LogP contribution in [0.4, 0.5) is 0 Å². The predicted octanol–water partition coefficient (Wildman–Crippen LogP) is 3.87. The lowest BCUT2D eigenvalue weighted by atomic mass is 10.1. The summed E-state index contributed by atoms with van der Waals surface area (Å²) in [6.07, 6.45) is 2.24. The fourth-order valence-corrected chi connectivity index (χ4v) is 3.17. The van der Waals surface area contributed by atoms with Crippen molar-refractivity contribution in [1.29, 1.82) is 0 Å². The summed E-state index contributed by atoms with van der Waals surface area (Å²) in [6.45, 7) is 8.42. The van der Waals surface area contributed by atoms with Crippen LogP contribution in [0.15, 0.2) is 47.0 Å². The number of allylic oxidation sites excluding steroid dienone is 1. The number of hydrogen-bond donors (Lipinski definition) is 0. The smallest absolute Gasteiger partial charge is 0.226 e. The molecule has 2 aromatic rings. The summed E-state index contributed by atoms with van der Waals surface area (Å²) in [5.41, 5.74) is 3.45. The summed E-state index contributed by atoms with van der Waals surface area (Å²) in [5.74, 6) is 3.24. The van der Waals surface area contributed by atoms with Crippen LogP contribution in [0.3, 0.4) is 0 Å². The number of oxazole rings is 1. The van der Waals surface area contributed by atoms with Crippen molar-refractivity contribution in [3.8, 4) is 11.5 Å². The van der Waals surface area contributed by atoms with Crippen LogP contribution in [-0.2, 0) is 13.0 Å². The Morgan fingerprint density at radius 3 is 2.81 bits per heavy atom. The zero-order valence-corrected chi connectivity index (χ0v) is 12.4. The summed E-state index contributed by atoms with van der Waals surface area (Å²) < 4.78 is 6.01. The molecule has 0 N–H and O–H groups in total. The van der Waals surface area contributed by atoms with Crippen LogP contribution >= 0.6 is 0 Å². The van der Waals surface area contributed by atoms with Crippen LogP contribution in [0, 0.1) is 11.8 Å². The molecule has 2 unspecified atom stereocenters. The van der Waals surface area contributed by atoms with Crippen molar-refractivity contribution in [2.75, 3.05) is 6.54 Å². The standard InChI is InChI=1S/C18H20N2O/c1-12-10-15(12)13(2)20-9-8-16-17(11-20)21-18(19-16)14-6-4-3-5-7-14/h3-7,12,15H,2,8-11H2,1H3. The SMILES string of the molecule is C=C(C1CC1C)N1CCc2nc(-c3ccccc3)oc2C1. The molecule has 108 valence electrons. The quantitative estimate of drug-likeness (QED) is 0.854. The minimum absolute atomic E-state index is 0.683. The van der Waals surface area contributed by atoms with E-state index in [0.29, 0.717) is 5.92 Å². The Labute approximate surface area is 125 Å². The third-order valence-electron chi connectivity index (χ3n) is 4.70. The maximum atomic E-state index is 6.01. The number of hydrogen-bond acceptors (Lipinski definition) is 3. The molecule has 2 heterocycles. The van der Waals surface area contributed by atoms with Gasteiger partial charge in [-0.15, -0.1) is 0 Å². The van der Waals surface area contributed by atoms with E-state index in [1.807, 2.05) is 30.3 Å². The Morgan fingerprint density at radius 2 is 2.10 bits per heavy atom. The molecule has 2 atom stereocenters. The van der Waals surface area contributed by atoms with Crippen molar-refractivity contribution < 1.29 is 4.42 Å². The van der Waals surface area contributed by atoms with E-state index in [1.165, 1.54) is 12.1 Å². The van der Waals surface area contributed by atoms with Gasteiger partial charge in [-0.1, -0.05) is 31.7 Å². The zero-order chi connectivity index (χ0) is 14.4. The van der Waals surface area contributed by atoms with E-state index in [9.17, 15) is 0 Å². The van der Waals surface area contributed by atoms with Gasteiger partial charge in [0.2, 0.25) is 5.89 Å². The van der Waals surface area contributed by atoms with Crippen LogP contribution in [0.2, 0.25) is 0 Å². The maximum absolute atomic E-state index is 6.01. The highest BCUT2D eigenvalue weighted by Crippen LogP contribution is 2.45. The average Bonchev–Trinajstić information content (AvgIpc) is 3.10. The van der Waals surface area contributed by atoms with E-state index in [4.69, 9.17) is 4.42 Å². The molecule has 4 rings (SSSR count). The summed E-state index contributed by atoms with van der Waals surface area (Å²) >= 11 is 0. The second-order valence-electron chi connectivity index (χ2n) is 6.24. The lowest BCUT2D eigenvalue weighted by molar-refractivity contribution is 0.273. The van der Waals surface area contributed by atoms with Gasteiger partial charge in [-0.25, -0.2) is 4.98 Å². The summed E-state index contributed by atoms with van der Waals surface area (Å²) in [6, 6.07) is 10.1. The Balaban J connectivity index is 1.56. The second kappa shape index (κ2) is 4.76. The molecule has 1 aliphatic carbocycles. The molecular weight excluding hydrogens is 260 g/mol. The largest absolute Gasteiger partial charge is 0.439 e. The molecule has 0 saturated heterocycles. The van der Waals surface area contributed by atoms with Gasteiger partial charge in [-0.05, 0) is 24.5 Å². The second-order valence-corrected chi connectivity index (χ2v) is 6.24. The fourth-order valence-electron chi connectivity index (χ4n) is 3.17. The zero-order valence-electron chi connectivity index (χ0n) is 12.4. The van der Waals surface area contributed by atoms with Gasteiger partial charge in [0.05, 0.1) is 12.2 Å². The van der Waals surface area contributed by atoms with Crippen molar-refractivity contribution in [2.45, 2.75) is 26.3 Å². The van der Waals surface area contributed by atoms with Gasteiger partial charge in [-0.3, -0.25) is 0 Å². The minimum Gasteiger partial charge on any atom is -0.439 e. The monoisotopic (exact) mass is 280 g/mol. The first-order chi connectivity index (χ1) is 10.2. The van der Waals surface area contributed by atoms with E-state index in [1.54, 1.807) is 0 Å². The molecule has 3 nitrogen and oxygen atoms in total.